The molecule has 226 valence electrons. The van der Waals surface area contributed by atoms with Gasteiger partial charge in [-0.2, -0.15) is 13.2 Å². The van der Waals surface area contributed by atoms with Crippen molar-refractivity contribution in [2.75, 3.05) is 17.4 Å². The van der Waals surface area contributed by atoms with Gasteiger partial charge in [-0.15, -0.1) is 0 Å². The van der Waals surface area contributed by atoms with Crippen LogP contribution in [0.5, 0.6) is 0 Å². The van der Waals surface area contributed by atoms with Gasteiger partial charge in [0.15, 0.2) is 0 Å². The summed E-state index contributed by atoms with van der Waals surface area (Å²) in [5.41, 5.74) is -0.0657. The van der Waals surface area contributed by atoms with Gasteiger partial charge in [-0.25, -0.2) is 8.42 Å². The highest BCUT2D eigenvalue weighted by molar-refractivity contribution is 7.92. The lowest BCUT2D eigenvalue weighted by Gasteiger charge is -2.33. The summed E-state index contributed by atoms with van der Waals surface area (Å²) in [5.74, 6) is -1.18. The first-order valence-electron chi connectivity index (χ1n) is 13.4. The molecular formula is C30H33ClF3N3O4S. The lowest BCUT2D eigenvalue weighted by Crippen LogP contribution is -2.52. The van der Waals surface area contributed by atoms with Crippen LogP contribution in [0.25, 0.3) is 0 Å². The van der Waals surface area contributed by atoms with Crippen molar-refractivity contribution in [1.82, 2.24) is 10.2 Å². The molecule has 0 radical (unpaired) electrons. The lowest BCUT2D eigenvalue weighted by molar-refractivity contribution is -0.140. The number of rotatable bonds is 12. The number of benzene rings is 3. The van der Waals surface area contributed by atoms with Crippen LogP contribution in [-0.2, 0) is 32.3 Å². The number of aryl methyl sites for hydroxylation is 1. The topological polar surface area (TPSA) is 86.8 Å². The number of carbonyl (C=O) groups excluding carboxylic acids is 2. The fraction of sp³-hybridized carbons (Fsp3) is 0.333. The summed E-state index contributed by atoms with van der Waals surface area (Å²) < 4.78 is 69.5. The zero-order valence-electron chi connectivity index (χ0n) is 23.5. The van der Waals surface area contributed by atoms with Crippen LogP contribution in [0.15, 0.2) is 77.7 Å². The Kier molecular flexibility index (Phi) is 11.0. The van der Waals surface area contributed by atoms with Crippen LogP contribution < -0.4 is 9.62 Å². The number of sulfonamides is 1. The van der Waals surface area contributed by atoms with Crippen molar-refractivity contribution in [2.24, 2.45) is 0 Å². The molecule has 1 N–H and O–H groups in total. The third-order valence-corrected chi connectivity index (χ3v) is 8.81. The Balaban J connectivity index is 2.14. The Morgan fingerprint density at radius 2 is 1.62 bits per heavy atom. The second kappa shape index (κ2) is 14.1. The van der Waals surface area contributed by atoms with Gasteiger partial charge < -0.3 is 10.2 Å². The maximum absolute atomic E-state index is 14.0. The molecule has 12 heteroatoms. The van der Waals surface area contributed by atoms with Gasteiger partial charge in [-0.1, -0.05) is 67.9 Å². The fourth-order valence-corrected chi connectivity index (χ4v) is 6.04. The number of amides is 2. The molecule has 0 unspecified atom stereocenters. The Morgan fingerprint density at radius 1 is 0.976 bits per heavy atom. The van der Waals surface area contributed by atoms with Crippen molar-refractivity contribution < 1.29 is 31.2 Å². The summed E-state index contributed by atoms with van der Waals surface area (Å²) in [6.45, 7) is 4.94. The molecule has 0 bridgehead atoms. The molecule has 0 aliphatic heterocycles. The molecule has 0 aliphatic carbocycles. The molecule has 7 nitrogen and oxygen atoms in total. The van der Waals surface area contributed by atoms with E-state index in [4.69, 9.17) is 11.6 Å². The molecule has 0 fully saturated rings. The molecule has 0 saturated heterocycles. The number of anilines is 1. The maximum atomic E-state index is 14.0. The third-order valence-electron chi connectivity index (χ3n) is 6.69. The van der Waals surface area contributed by atoms with Crippen molar-refractivity contribution in [3.63, 3.8) is 0 Å². The molecule has 3 aromatic carbocycles. The van der Waals surface area contributed by atoms with Crippen molar-refractivity contribution in [3.8, 4) is 0 Å². The first-order chi connectivity index (χ1) is 19.8. The highest BCUT2D eigenvalue weighted by Gasteiger charge is 2.37. The average molecular weight is 624 g/mol. The lowest BCUT2D eigenvalue weighted by atomic mass is 10.1. The summed E-state index contributed by atoms with van der Waals surface area (Å²) in [7, 11) is -4.53. The second-order valence-corrected chi connectivity index (χ2v) is 11.9. The van der Waals surface area contributed by atoms with Gasteiger partial charge in [-0.3, -0.25) is 13.9 Å². The minimum atomic E-state index is -4.87. The number of hydrogen-bond acceptors (Lipinski definition) is 4. The second-order valence-electron chi connectivity index (χ2n) is 9.65. The summed E-state index contributed by atoms with van der Waals surface area (Å²) in [5, 5.41) is 2.17. The molecule has 0 spiro atoms. The molecule has 1 atom stereocenters. The summed E-state index contributed by atoms with van der Waals surface area (Å²) in [4.78, 5) is 28.2. The number of nitrogens with one attached hydrogen (secondary N) is 1. The first kappa shape index (κ1) is 32.9. The zero-order chi connectivity index (χ0) is 31.1. The molecular weight excluding hydrogens is 591 g/mol. The number of hydrogen-bond donors (Lipinski definition) is 1. The van der Waals surface area contributed by atoms with Gasteiger partial charge in [0.2, 0.25) is 11.8 Å². The van der Waals surface area contributed by atoms with Gasteiger partial charge in [-0.05, 0) is 61.2 Å². The van der Waals surface area contributed by atoms with Crippen LogP contribution in [0.2, 0.25) is 5.02 Å². The minimum Gasteiger partial charge on any atom is -0.354 e. The van der Waals surface area contributed by atoms with Gasteiger partial charge in [0.1, 0.15) is 12.6 Å². The molecule has 0 heterocycles. The van der Waals surface area contributed by atoms with E-state index in [1.54, 1.807) is 25.1 Å². The molecule has 0 saturated carbocycles. The van der Waals surface area contributed by atoms with Crippen LogP contribution >= 0.6 is 11.6 Å². The van der Waals surface area contributed by atoms with Crippen molar-refractivity contribution in [2.45, 2.75) is 57.3 Å². The van der Waals surface area contributed by atoms with E-state index in [9.17, 15) is 31.2 Å². The molecule has 2 amide bonds. The molecule has 0 aromatic heterocycles. The van der Waals surface area contributed by atoms with Crippen LogP contribution in [-0.4, -0.2) is 44.3 Å². The SMILES string of the molecule is CCCNC(=O)[C@@H](CC)N(Cc1ccccc1C)C(=O)CN(c1ccc(Cl)c(C(F)(F)F)c1)S(=O)(=O)c1ccccc1. The fourth-order valence-electron chi connectivity index (χ4n) is 4.39. The molecule has 0 aliphatic rings. The summed E-state index contributed by atoms with van der Waals surface area (Å²) in [6.07, 6.45) is -3.99. The van der Waals surface area contributed by atoms with E-state index < -0.39 is 56.9 Å². The Labute approximate surface area is 249 Å². The van der Waals surface area contributed by atoms with E-state index in [0.29, 0.717) is 23.3 Å². The standard InChI is InChI=1S/C30H33ClF3N3O4S/c1-4-17-35-29(39)27(5-2)36(19-22-12-10-9-11-21(22)3)28(38)20-37(42(40,41)24-13-7-6-8-14-24)23-15-16-26(31)25(18-23)30(32,33)34/h6-16,18,27H,4-5,17,19-20H2,1-3H3,(H,35,39)/t27-/m1/s1. The summed E-state index contributed by atoms with van der Waals surface area (Å²) in [6, 6.07) is 16.0. The number of alkyl halides is 3. The number of carbonyl (C=O) groups is 2. The van der Waals surface area contributed by atoms with E-state index >= 15 is 0 Å². The van der Waals surface area contributed by atoms with Crippen molar-refractivity contribution in [3.05, 3.63) is 94.5 Å². The normalized spacial score (nSPS) is 12.5. The predicted molar refractivity (Wildman–Crippen MR) is 157 cm³/mol. The van der Waals surface area contributed by atoms with Gasteiger partial charge in [0, 0.05) is 13.1 Å². The van der Waals surface area contributed by atoms with Crippen LogP contribution in [0.1, 0.15) is 43.4 Å². The average Bonchev–Trinajstić information content (AvgIpc) is 2.95. The van der Waals surface area contributed by atoms with Gasteiger partial charge >= 0.3 is 6.18 Å². The van der Waals surface area contributed by atoms with Gasteiger partial charge in [0.25, 0.3) is 10.0 Å². The summed E-state index contributed by atoms with van der Waals surface area (Å²) >= 11 is 5.81. The van der Waals surface area contributed by atoms with Crippen LogP contribution in [0, 0.1) is 6.92 Å². The maximum Gasteiger partial charge on any atom is 0.417 e. The highest BCUT2D eigenvalue weighted by atomic mass is 35.5. The van der Waals surface area contributed by atoms with Crippen LogP contribution in [0.4, 0.5) is 18.9 Å². The van der Waals surface area contributed by atoms with E-state index in [0.717, 1.165) is 23.3 Å². The Morgan fingerprint density at radius 3 is 2.21 bits per heavy atom. The Bertz CT molecular complexity index is 1500. The molecule has 3 aromatic rings. The largest absolute Gasteiger partial charge is 0.417 e. The first-order valence-corrected chi connectivity index (χ1v) is 15.2. The smallest absolute Gasteiger partial charge is 0.354 e. The highest BCUT2D eigenvalue weighted by Crippen LogP contribution is 2.38. The van der Waals surface area contributed by atoms with E-state index in [2.05, 4.69) is 5.32 Å². The molecule has 42 heavy (non-hydrogen) atoms. The molecule has 3 rings (SSSR count). The van der Waals surface area contributed by atoms with E-state index in [-0.39, 0.29) is 17.9 Å². The number of nitrogens with zero attached hydrogens (tertiary/aromatic N) is 2. The van der Waals surface area contributed by atoms with E-state index in [1.807, 2.05) is 26.0 Å². The monoisotopic (exact) mass is 623 g/mol. The minimum absolute atomic E-state index is 0.0167. The zero-order valence-corrected chi connectivity index (χ0v) is 25.1. The third kappa shape index (κ3) is 7.83. The van der Waals surface area contributed by atoms with Gasteiger partial charge in [0.05, 0.1) is 21.2 Å². The predicted octanol–water partition coefficient (Wildman–Crippen LogP) is 6.20. The van der Waals surface area contributed by atoms with Crippen LogP contribution in [0.3, 0.4) is 0 Å². The van der Waals surface area contributed by atoms with E-state index in [1.165, 1.54) is 29.2 Å². The Hall–Kier alpha value is -3.57. The van der Waals surface area contributed by atoms with Crippen molar-refractivity contribution >= 4 is 39.1 Å². The number of halogens is 4. The quantitative estimate of drug-likeness (QED) is 0.260. The van der Waals surface area contributed by atoms with Crippen molar-refractivity contribution in [1.29, 1.82) is 0 Å².